The molecule has 1 heterocycles. The van der Waals surface area contributed by atoms with Gasteiger partial charge < -0.3 is 10.1 Å². The van der Waals surface area contributed by atoms with Crippen LogP contribution in [0, 0.1) is 0 Å². The molecule has 0 aromatic heterocycles. The second-order valence-electron chi connectivity index (χ2n) is 4.46. The zero-order valence-electron chi connectivity index (χ0n) is 10.2. The molecule has 0 saturated carbocycles. The van der Waals surface area contributed by atoms with E-state index in [4.69, 9.17) is 16.3 Å². The zero-order chi connectivity index (χ0) is 12.1. The van der Waals surface area contributed by atoms with E-state index >= 15 is 0 Å². The van der Waals surface area contributed by atoms with Gasteiger partial charge in [0.05, 0.1) is 0 Å². The minimum atomic E-state index is 0.579. The highest BCUT2D eigenvalue weighted by Gasteiger charge is 2.14. The van der Waals surface area contributed by atoms with Gasteiger partial charge in [0.15, 0.2) is 0 Å². The molecular weight excluding hydrogens is 236 g/mol. The molecule has 94 valence electrons. The quantitative estimate of drug-likeness (QED) is 0.890. The Kier molecular flexibility index (Phi) is 4.66. The molecule has 4 heteroatoms. The van der Waals surface area contributed by atoms with E-state index in [1.807, 2.05) is 24.3 Å². The van der Waals surface area contributed by atoms with E-state index in [9.17, 15) is 0 Å². The highest BCUT2D eigenvalue weighted by molar-refractivity contribution is 6.30. The van der Waals surface area contributed by atoms with E-state index in [-0.39, 0.29) is 0 Å². The number of benzene rings is 1. The molecule has 0 bridgehead atoms. The number of ether oxygens (including phenoxy) is 1. The van der Waals surface area contributed by atoms with Gasteiger partial charge in [-0.1, -0.05) is 17.7 Å². The zero-order valence-corrected chi connectivity index (χ0v) is 10.9. The number of rotatable bonds is 4. The van der Waals surface area contributed by atoms with Crippen molar-refractivity contribution in [3.8, 4) is 5.75 Å². The van der Waals surface area contributed by atoms with Gasteiger partial charge in [-0.2, -0.15) is 0 Å². The van der Waals surface area contributed by atoms with E-state index in [2.05, 4.69) is 17.1 Å². The Morgan fingerprint density at radius 1 is 1.53 bits per heavy atom. The molecule has 1 fully saturated rings. The number of piperazine rings is 1. The molecule has 17 heavy (non-hydrogen) atoms. The fourth-order valence-corrected chi connectivity index (χ4v) is 2.24. The average molecular weight is 255 g/mol. The first-order valence-corrected chi connectivity index (χ1v) is 6.46. The number of nitrogens with zero attached hydrogens (tertiary/aromatic N) is 1. The molecule has 0 aliphatic carbocycles. The second-order valence-corrected chi connectivity index (χ2v) is 4.90. The maximum absolute atomic E-state index is 5.89. The summed E-state index contributed by atoms with van der Waals surface area (Å²) in [6, 6.07) is 8.13. The maximum Gasteiger partial charge on any atom is 0.120 e. The molecule has 1 aliphatic heterocycles. The van der Waals surface area contributed by atoms with Gasteiger partial charge in [-0.25, -0.2) is 0 Å². The van der Waals surface area contributed by atoms with Gasteiger partial charge in [0.2, 0.25) is 0 Å². The maximum atomic E-state index is 5.89. The molecule has 2 rings (SSSR count). The Labute approximate surface area is 108 Å². The van der Waals surface area contributed by atoms with Crippen LogP contribution in [0.5, 0.6) is 5.75 Å². The molecule has 1 atom stereocenters. The van der Waals surface area contributed by atoms with Gasteiger partial charge in [0.1, 0.15) is 12.4 Å². The Morgan fingerprint density at radius 3 is 3.18 bits per heavy atom. The summed E-state index contributed by atoms with van der Waals surface area (Å²) in [6.45, 7) is 7.16. The van der Waals surface area contributed by atoms with Crippen molar-refractivity contribution in [1.82, 2.24) is 10.2 Å². The third-order valence-electron chi connectivity index (χ3n) is 2.93. The Morgan fingerprint density at radius 2 is 2.41 bits per heavy atom. The van der Waals surface area contributed by atoms with Crippen molar-refractivity contribution in [2.45, 2.75) is 13.0 Å². The molecule has 0 radical (unpaired) electrons. The molecular formula is C13H19ClN2O. The summed E-state index contributed by atoms with van der Waals surface area (Å²) in [5.74, 6) is 0.848. The van der Waals surface area contributed by atoms with Crippen molar-refractivity contribution in [1.29, 1.82) is 0 Å². The van der Waals surface area contributed by atoms with E-state index in [0.29, 0.717) is 12.6 Å². The lowest BCUT2D eigenvalue weighted by Crippen LogP contribution is -2.50. The molecule has 1 unspecified atom stereocenters. The van der Waals surface area contributed by atoms with Gasteiger partial charge >= 0.3 is 0 Å². The fourth-order valence-electron chi connectivity index (χ4n) is 2.06. The molecule has 1 saturated heterocycles. The summed E-state index contributed by atoms with van der Waals surface area (Å²) in [4.78, 5) is 2.42. The van der Waals surface area contributed by atoms with Crippen molar-refractivity contribution in [2.75, 3.05) is 32.8 Å². The van der Waals surface area contributed by atoms with Crippen LogP contribution in [0.4, 0.5) is 0 Å². The standard InChI is InChI=1S/C13H19ClN2O/c1-11-10-16(6-5-15-11)7-8-17-13-4-2-3-12(14)9-13/h2-4,9,11,15H,5-8,10H2,1H3. The molecule has 0 amide bonds. The Hall–Kier alpha value is -0.770. The summed E-state index contributed by atoms with van der Waals surface area (Å²) in [5, 5.41) is 4.15. The van der Waals surface area contributed by atoms with Gasteiger partial charge in [-0.15, -0.1) is 0 Å². The lowest BCUT2D eigenvalue weighted by molar-refractivity contribution is 0.170. The molecule has 1 aromatic carbocycles. The van der Waals surface area contributed by atoms with E-state index in [1.54, 1.807) is 0 Å². The third kappa shape index (κ3) is 4.19. The minimum Gasteiger partial charge on any atom is -0.492 e. The number of halogens is 1. The molecule has 3 nitrogen and oxygen atoms in total. The van der Waals surface area contributed by atoms with Crippen LogP contribution in [-0.2, 0) is 0 Å². The molecule has 1 N–H and O–H groups in total. The smallest absolute Gasteiger partial charge is 0.120 e. The van der Waals surface area contributed by atoms with Crippen LogP contribution in [0.1, 0.15) is 6.92 Å². The van der Waals surface area contributed by atoms with Gasteiger partial charge in [0.25, 0.3) is 0 Å². The molecule has 1 aromatic rings. The van der Waals surface area contributed by atoms with Crippen molar-refractivity contribution < 1.29 is 4.74 Å². The third-order valence-corrected chi connectivity index (χ3v) is 3.16. The Bertz CT molecular complexity index is 359. The van der Waals surface area contributed by atoms with Crippen LogP contribution in [0.15, 0.2) is 24.3 Å². The highest BCUT2D eigenvalue weighted by Crippen LogP contribution is 2.16. The predicted molar refractivity (Wildman–Crippen MR) is 70.9 cm³/mol. The van der Waals surface area contributed by atoms with Crippen LogP contribution < -0.4 is 10.1 Å². The van der Waals surface area contributed by atoms with E-state index in [1.165, 1.54) is 0 Å². The lowest BCUT2D eigenvalue weighted by Gasteiger charge is -2.31. The molecule has 1 aliphatic rings. The summed E-state index contributed by atoms with van der Waals surface area (Å²) in [7, 11) is 0. The van der Waals surface area contributed by atoms with Crippen molar-refractivity contribution in [3.05, 3.63) is 29.3 Å². The molecule has 0 spiro atoms. The average Bonchev–Trinajstić information content (AvgIpc) is 2.29. The summed E-state index contributed by atoms with van der Waals surface area (Å²) >= 11 is 5.89. The number of hydrogen-bond acceptors (Lipinski definition) is 3. The SMILES string of the molecule is CC1CN(CCOc2cccc(Cl)c2)CCN1. The van der Waals surface area contributed by atoms with Crippen molar-refractivity contribution in [3.63, 3.8) is 0 Å². The number of nitrogens with one attached hydrogen (secondary N) is 1. The van der Waals surface area contributed by atoms with Crippen LogP contribution in [0.2, 0.25) is 5.02 Å². The first-order valence-electron chi connectivity index (χ1n) is 6.08. The minimum absolute atomic E-state index is 0.579. The van der Waals surface area contributed by atoms with Crippen LogP contribution >= 0.6 is 11.6 Å². The predicted octanol–water partition coefficient (Wildman–Crippen LogP) is 2.01. The topological polar surface area (TPSA) is 24.5 Å². The van der Waals surface area contributed by atoms with E-state index < -0.39 is 0 Å². The summed E-state index contributed by atoms with van der Waals surface area (Å²) in [6.07, 6.45) is 0. The monoisotopic (exact) mass is 254 g/mol. The van der Waals surface area contributed by atoms with Gasteiger partial charge in [0, 0.05) is 37.2 Å². The largest absolute Gasteiger partial charge is 0.492 e. The Balaban J connectivity index is 1.72. The van der Waals surface area contributed by atoms with Crippen molar-refractivity contribution in [2.24, 2.45) is 0 Å². The van der Waals surface area contributed by atoms with Crippen LogP contribution in [0.25, 0.3) is 0 Å². The number of hydrogen-bond donors (Lipinski definition) is 1. The van der Waals surface area contributed by atoms with Crippen LogP contribution in [0.3, 0.4) is 0 Å². The van der Waals surface area contributed by atoms with Gasteiger partial charge in [-0.05, 0) is 25.1 Å². The second kappa shape index (κ2) is 6.24. The van der Waals surface area contributed by atoms with E-state index in [0.717, 1.165) is 37.0 Å². The van der Waals surface area contributed by atoms with Crippen molar-refractivity contribution >= 4 is 11.6 Å². The normalized spacial score (nSPS) is 21.4. The summed E-state index contributed by atoms with van der Waals surface area (Å²) in [5.41, 5.74) is 0. The summed E-state index contributed by atoms with van der Waals surface area (Å²) < 4.78 is 5.68. The lowest BCUT2D eigenvalue weighted by atomic mass is 10.2. The first kappa shape index (κ1) is 12.7. The highest BCUT2D eigenvalue weighted by atomic mass is 35.5. The van der Waals surface area contributed by atoms with Crippen LogP contribution in [-0.4, -0.2) is 43.7 Å². The fraction of sp³-hybridized carbons (Fsp3) is 0.538. The first-order chi connectivity index (χ1) is 8.24. The van der Waals surface area contributed by atoms with Gasteiger partial charge in [-0.3, -0.25) is 4.90 Å².